The van der Waals surface area contributed by atoms with Gasteiger partial charge in [-0.1, -0.05) is 24.3 Å². The molecule has 0 aliphatic heterocycles. The third-order valence-electron chi connectivity index (χ3n) is 2.92. The standard InChI is InChI=1S/C17H13FO5/c18-13-6-4-11(5-7-13)10-23-14-3-1-2-12(8-14)15(19)9-16(20)17(21)22/h1-9,20H,10H2,(H,21,22)/b16-9-. The molecule has 118 valence electrons. The van der Waals surface area contributed by atoms with E-state index in [1.54, 1.807) is 24.3 Å². The highest BCUT2D eigenvalue weighted by Gasteiger charge is 2.10. The lowest BCUT2D eigenvalue weighted by Crippen LogP contribution is -2.04. The maximum Gasteiger partial charge on any atom is 0.371 e. The zero-order chi connectivity index (χ0) is 16.8. The molecule has 0 aliphatic rings. The monoisotopic (exact) mass is 316 g/mol. The summed E-state index contributed by atoms with van der Waals surface area (Å²) in [5, 5.41) is 17.6. The van der Waals surface area contributed by atoms with E-state index < -0.39 is 17.5 Å². The number of aliphatic hydroxyl groups excluding tert-OH is 1. The Morgan fingerprint density at radius 2 is 1.78 bits per heavy atom. The summed E-state index contributed by atoms with van der Waals surface area (Å²) in [6, 6.07) is 11.9. The topological polar surface area (TPSA) is 83.8 Å². The Morgan fingerprint density at radius 3 is 2.43 bits per heavy atom. The van der Waals surface area contributed by atoms with Crippen LogP contribution in [0.5, 0.6) is 5.75 Å². The number of allylic oxidation sites excluding steroid dienone is 1. The van der Waals surface area contributed by atoms with Crippen LogP contribution >= 0.6 is 0 Å². The first kappa shape index (κ1) is 16.2. The molecule has 0 aliphatic carbocycles. The van der Waals surface area contributed by atoms with Crippen LogP contribution < -0.4 is 4.74 Å². The number of hydrogen-bond donors (Lipinski definition) is 2. The number of carboxylic acids is 1. The number of benzene rings is 2. The van der Waals surface area contributed by atoms with Crippen molar-refractivity contribution in [1.29, 1.82) is 0 Å². The quantitative estimate of drug-likeness (QED) is 0.486. The fraction of sp³-hybridized carbons (Fsp3) is 0.0588. The maximum absolute atomic E-state index is 12.8. The van der Waals surface area contributed by atoms with E-state index in [9.17, 15) is 14.0 Å². The Labute approximate surface area is 131 Å². The van der Waals surface area contributed by atoms with Crippen molar-refractivity contribution in [3.05, 3.63) is 77.3 Å². The van der Waals surface area contributed by atoms with Crippen molar-refractivity contribution >= 4 is 11.8 Å². The number of carboxylic acid groups (broad SMARTS) is 1. The summed E-state index contributed by atoms with van der Waals surface area (Å²) in [4.78, 5) is 22.3. The summed E-state index contributed by atoms with van der Waals surface area (Å²) in [7, 11) is 0. The SMILES string of the molecule is O=C(O)/C(O)=C/C(=O)c1cccc(OCc2ccc(F)cc2)c1. The van der Waals surface area contributed by atoms with Crippen LogP contribution in [0, 0.1) is 5.82 Å². The number of ether oxygens (including phenoxy) is 1. The van der Waals surface area contributed by atoms with Crippen LogP contribution in [0.2, 0.25) is 0 Å². The van der Waals surface area contributed by atoms with Gasteiger partial charge in [-0.2, -0.15) is 0 Å². The van der Waals surface area contributed by atoms with Crippen LogP contribution in [0.3, 0.4) is 0 Å². The molecule has 23 heavy (non-hydrogen) atoms. The fourth-order valence-electron chi connectivity index (χ4n) is 1.76. The van der Waals surface area contributed by atoms with Crippen molar-refractivity contribution in [3.8, 4) is 5.75 Å². The second-order valence-corrected chi connectivity index (χ2v) is 4.64. The van der Waals surface area contributed by atoms with E-state index >= 15 is 0 Å². The van der Waals surface area contributed by atoms with Crippen molar-refractivity contribution in [2.24, 2.45) is 0 Å². The van der Waals surface area contributed by atoms with E-state index in [1.807, 2.05) is 0 Å². The molecule has 0 radical (unpaired) electrons. The third-order valence-corrected chi connectivity index (χ3v) is 2.92. The normalized spacial score (nSPS) is 11.1. The smallest absolute Gasteiger partial charge is 0.371 e. The van der Waals surface area contributed by atoms with Crippen LogP contribution in [-0.2, 0) is 11.4 Å². The molecule has 0 amide bonds. The average molecular weight is 316 g/mol. The molecule has 2 aromatic carbocycles. The van der Waals surface area contributed by atoms with Gasteiger partial charge in [0.2, 0.25) is 5.76 Å². The number of aliphatic carboxylic acids is 1. The molecular formula is C17H13FO5. The fourth-order valence-corrected chi connectivity index (χ4v) is 1.76. The van der Waals surface area contributed by atoms with Gasteiger partial charge in [0.1, 0.15) is 18.2 Å². The van der Waals surface area contributed by atoms with Gasteiger partial charge in [-0.25, -0.2) is 9.18 Å². The Hall–Kier alpha value is -3.15. The second kappa shape index (κ2) is 7.22. The van der Waals surface area contributed by atoms with Crippen LogP contribution in [0.1, 0.15) is 15.9 Å². The predicted molar refractivity (Wildman–Crippen MR) is 79.9 cm³/mol. The predicted octanol–water partition coefficient (Wildman–Crippen LogP) is 3.11. The van der Waals surface area contributed by atoms with Crippen LogP contribution in [-0.4, -0.2) is 22.0 Å². The van der Waals surface area contributed by atoms with Gasteiger partial charge in [-0.05, 0) is 29.8 Å². The van der Waals surface area contributed by atoms with Gasteiger partial charge in [0.25, 0.3) is 0 Å². The highest BCUT2D eigenvalue weighted by Crippen LogP contribution is 2.16. The van der Waals surface area contributed by atoms with Gasteiger partial charge >= 0.3 is 5.97 Å². The molecule has 0 saturated heterocycles. The Kier molecular flexibility index (Phi) is 5.09. The van der Waals surface area contributed by atoms with E-state index in [2.05, 4.69) is 0 Å². The van der Waals surface area contributed by atoms with Crippen molar-refractivity contribution in [2.75, 3.05) is 0 Å². The molecule has 2 aromatic rings. The number of hydrogen-bond acceptors (Lipinski definition) is 4. The first-order valence-electron chi connectivity index (χ1n) is 6.61. The number of carbonyl (C=O) groups excluding carboxylic acids is 1. The Balaban J connectivity index is 2.07. The number of ketones is 1. The van der Waals surface area contributed by atoms with E-state index in [-0.39, 0.29) is 18.0 Å². The Morgan fingerprint density at radius 1 is 1.09 bits per heavy atom. The summed E-state index contributed by atoms with van der Waals surface area (Å²) in [5.74, 6) is -3.22. The minimum atomic E-state index is -1.58. The first-order valence-corrected chi connectivity index (χ1v) is 6.61. The lowest BCUT2D eigenvalue weighted by molar-refractivity contribution is -0.135. The highest BCUT2D eigenvalue weighted by molar-refractivity contribution is 6.07. The van der Waals surface area contributed by atoms with Crippen molar-refractivity contribution in [3.63, 3.8) is 0 Å². The zero-order valence-corrected chi connectivity index (χ0v) is 11.9. The van der Waals surface area contributed by atoms with E-state index in [4.69, 9.17) is 14.9 Å². The molecule has 2 rings (SSSR count). The van der Waals surface area contributed by atoms with Gasteiger partial charge < -0.3 is 14.9 Å². The van der Waals surface area contributed by atoms with Gasteiger partial charge in [0.05, 0.1) is 0 Å². The lowest BCUT2D eigenvalue weighted by Gasteiger charge is -2.07. The van der Waals surface area contributed by atoms with Gasteiger partial charge in [0, 0.05) is 11.6 Å². The largest absolute Gasteiger partial charge is 0.502 e. The average Bonchev–Trinajstić information content (AvgIpc) is 2.54. The zero-order valence-electron chi connectivity index (χ0n) is 11.9. The van der Waals surface area contributed by atoms with Crippen molar-refractivity contribution < 1.29 is 28.9 Å². The summed E-state index contributed by atoms with van der Waals surface area (Å²) in [6.07, 6.45) is 0.626. The van der Waals surface area contributed by atoms with Gasteiger partial charge in [0.15, 0.2) is 5.78 Å². The summed E-state index contributed by atoms with van der Waals surface area (Å²) < 4.78 is 18.3. The molecule has 0 spiro atoms. The molecule has 0 fully saturated rings. The lowest BCUT2D eigenvalue weighted by atomic mass is 10.1. The van der Waals surface area contributed by atoms with E-state index in [0.717, 1.165) is 5.56 Å². The number of halogens is 1. The van der Waals surface area contributed by atoms with Crippen LogP contribution in [0.4, 0.5) is 4.39 Å². The summed E-state index contributed by atoms with van der Waals surface area (Å²) >= 11 is 0. The minimum Gasteiger partial charge on any atom is -0.502 e. The summed E-state index contributed by atoms with van der Waals surface area (Å²) in [5.41, 5.74) is 0.931. The number of carbonyl (C=O) groups is 2. The maximum atomic E-state index is 12.8. The number of aliphatic hydroxyl groups is 1. The second-order valence-electron chi connectivity index (χ2n) is 4.64. The molecule has 6 heteroatoms. The van der Waals surface area contributed by atoms with Gasteiger partial charge in [-0.15, -0.1) is 0 Å². The molecule has 5 nitrogen and oxygen atoms in total. The third kappa shape index (κ3) is 4.67. The Bertz CT molecular complexity index is 750. The van der Waals surface area contributed by atoms with Crippen molar-refractivity contribution in [2.45, 2.75) is 6.61 Å². The molecule has 2 N–H and O–H groups in total. The highest BCUT2D eigenvalue weighted by atomic mass is 19.1. The molecule has 0 bridgehead atoms. The summed E-state index contributed by atoms with van der Waals surface area (Å²) in [6.45, 7) is 0.189. The molecular weight excluding hydrogens is 303 g/mol. The molecule has 0 heterocycles. The van der Waals surface area contributed by atoms with Gasteiger partial charge in [-0.3, -0.25) is 4.79 Å². The molecule has 0 atom stereocenters. The van der Waals surface area contributed by atoms with E-state index in [1.165, 1.54) is 24.3 Å². The van der Waals surface area contributed by atoms with E-state index in [0.29, 0.717) is 11.8 Å². The molecule has 0 saturated carbocycles. The molecule has 0 unspecified atom stereocenters. The van der Waals surface area contributed by atoms with Crippen molar-refractivity contribution in [1.82, 2.24) is 0 Å². The van der Waals surface area contributed by atoms with Crippen LogP contribution in [0.25, 0.3) is 0 Å². The van der Waals surface area contributed by atoms with Crippen LogP contribution in [0.15, 0.2) is 60.4 Å². The molecule has 0 aromatic heterocycles. The first-order chi connectivity index (χ1) is 11.0. The number of rotatable bonds is 6. The minimum absolute atomic E-state index is 0.175.